The lowest BCUT2D eigenvalue weighted by molar-refractivity contribution is 0.0707. The number of aromatic amines is 1. The summed E-state index contributed by atoms with van der Waals surface area (Å²) < 4.78 is 27.7. The zero-order chi connectivity index (χ0) is 18.1. The number of aliphatic hydroxyl groups excluding tert-OH is 1. The molecule has 7 heteroatoms. The maximum Gasteiger partial charge on any atom is 0.274 e. The van der Waals surface area contributed by atoms with Crippen molar-refractivity contribution in [1.29, 1.82) is 0 Å². The Bertz CT molecular complexity index is 775. The zero-order valence-electron chi connectivity index (χ0n) is 14.2. The smallest absolute Gasteiger partial charge is 0.274 e. The van der Waals surface area contributed by atoms with Crippen molar-refractivity contribution in [3.63, 3.8) is 0 Å². The van der Waals surface area contributed by atoms with Crippen LogP contribution in [0.25, 0.3) is 0 Å². The molecule has 0 aliphatic carbocycles. The van der Waals surface area contributed by atoms with Gasteiger partial charge in [0.1, 0.15) is 17.3 Å². The number of rotatable bonds is 4. The third kappa shape index (κ3) is 3.71. The number of carbonyl (C=O) groups is 1. The molecule has 5 nitrogen and oxygen atoms in total. The predicted molar refractivity (Wildman–Crippen MR) is 87.9 cm³/mol. The topological polar surface area (TPSA) is 69.2 Å². The molecule has 0 radical (unpaired) electrons. The number of nitrogens with zero attached hydrogens (tertiary/aromatic N) is 2. The Morgan fingerprint density at radius 1 is 1.40 bits per heavy atom. The number of H-pyrrole nitrogens is 1. The summed E-state index contributed by atoms with van der Waals surface area (Å²) in [5, 5.41) is 16.8. The van der Waals surface area contributed by atoms with Gasteiger partial charge in [-0.25, -0.2) is 8.78 Å². The molecular formula is C18H21F2N3O2. The molecule has 1 fully saturated rings. The molecule has 0 spiro atoms. The van der Waals surface area contributed by atoms with Crippen molar-refractivity contribution in [2.45, 2.75) is 38.8 Å². The van der Waals surface area contributed by atoms with Gasteiger partial charge >= 0.3 is 0 Å². The maximum absolute atomic E-state index is 14.1. The molecule has 2 N–H and O–H groups in total. The highest BCUT2D eigenvalue weighted by Crippen LogP contribution is 2.35. The van der Waals surface area contributed by atoms with Gasteiger partial charge in [0, 0.05) is 17.8 Å². The van der Waals surface area contributed by atoms with Crippen molar-refractivity contribution in [3.8, 4) is 0 Å². The third-order valence-corrected chi connectivity index (χ3v) is 4.34. The Morgan fingerprint density at radius 3 is 2.88 bits per heavy atom. The highest BCUT2D eigenvalue weighted by atomic mass is 19.1. The SMILES string of the molecule is CC(C)Cc1cc(C(=O)N2CC(O)CC2c2cc(F)ccc2F)n[nH]1. The van der Waals surface area contributed by atoms with Crippen LogP contribution in [0.3, 0.4) is 0 Å². The average molecular weight is 349 g/mol. The van der Waals surface area contributed by atoms with Crippen molar-refractivity contribution < 1.29 is 18.7 Å². The molecule has 1 aliphatic heterocycles. The van der Waals surface area contributed by atoms with Crippen molar-refractivity contribution in [2.75, 3.05) is 6.54 Å². The van der Waals surface area contributed by atoms with E-state index in [1.165, 1.54) is 4.90 Å². The van der Waals surface area contributed by atoms with E-state index in [9.17, 15) is 18.7 Å². The summed E-state index contributed by atoms with van der Waals surface area (Å²) in [5.74, 6) is -1.17. The molecule has 134 valence electrons. The quantitative estimate of drug-likeness (QED) is 0.892. The van der Waals surface area contributed by atoms with E-state index in [2.05, 4.69) is 24.0 Å². The number of amides is 1. The predicted octanol–water partition coefficient (Wildman–Crippen LogP) is 2.83. The second kappa shape index (κ2) is 6.92. The summed E-state index contributed by atoms with van der Waals surface area (Å²) in [6.45, 7) is 4.18. The van der Waals surface area contributed by atoms with Crippen molar-refractivity contribution in [2.24, 2.45) is 5.92 Å². The number of hydrogen-bond acceptors (Lipinski definition) is 3. The molecule has 2 atom stereocenters. The van der Waals surface area contributed by atoms with Gasteiger partial charge in [-0.05, 0) is 43.0 Å². The largest absolute Gasteiger partial charge is 0.391 e. The minimum Gasteiger partial charge on any atom is -0.391 e. The summed E-state index contributed by atoms with van der Waals surface area (Å²) in [6, 6.07) is 4.10. The van der Waals surface area contributed by atoms with Crippen LogP contribution in [-0.4, -0.2) is 38.8 Å². The molecule has 2 aromatic rings. The van der Waals surface area contributed by atoms with E-state index in [-0.39, 0.29) is 24.2 Å². The van der Waals surface area contributed by atoms with Gasteiger partial charge in [-0.3, -0.25) is 9.89 Å². The van der Waals surface area contributed by atoms with Gasteiger partial charge in [0.05, 0.1) is 12.1 Å². The van der Waals surface area contributed by atoms with Crippen LogP contribution >= 0.6 is 0 Å². The number of hydrogen-bond donors (Lipinski definition) is 2. The van der Waals surface area contributed by atoms with Gasteiger partial charge in [0.25, 0.3) is 5.91 Å². The lowest BCUT2D eigenvalue weighted by atomic mass is 10.0. The van der Waals surface area contributed by atoms with Gasteiger partial charge in [0.15, 0.2) is 0 Å². The molecule has 2 heterocycles. The Hall–Kier alpha value is -2.28. The number of nitrogens with one attached hydrogen (secondary N) is 1. The second-order valence-electron chi connectivity index (χ2n) is 6.91. The van der Waals surface area contributed by atoms with Gasteiger partial charge in [-0.15, -0.1) is 0 Å². The van der Waals surface area contributed by atoms with Gasteiger partial charge < -0.3 is 10.0 Å². The molecular weight excluding hydrogens is 328 g/mol. The van der Waals surface area contributed by atoms with E-state index < -0.39 is 29.7 Å². The van der Waals surface area contributed by atoms with Crippen LogP contribution in [-0.2, 0) is 6.42 Å². The molecule has 0 saturated carbocycles. The first-order chi connectivity index (χ1) is 11.8. The molecule has 3 rings (SSSR count). The molecule has 1 aromatic heterocycles. The minimum absolute atomic E-state index is 0.0613. The average Bonchev–Trinajstić information content (AvgIpc) is 3.15. The number of likely N-dealkylation sites (tertiary alicyclic amines) is 1. The van der Waals surface area contributed by atoms with E-state index in [0.717, 1.165) is 30.3 Å². The van der Waals surface area contributed by atoms with Crippen molar-refractivity contribution >= 4 is 5.91 Å². The van der Waals surface area contributed by atoms with Gasteiger partial charge in [0.2, 0.25) is 0 Å². The van der Waals surface area contributed by atoms with Crippen LogP contribution in [0.4, 0.5) is 8.78 Å². The van der Waals surface area contributed by atoms with E-state index >= 15 is 0 Å². The fraction of sp³-hybridized carbons (Fsp3) is 0.444. The maximum atomic E-state index is 14.1. The van der Waals surface area contributed by atoms with E-state index in [4.69, 9.17) is 0 Å². The summed E-state index contributed by atoms with van der Waals surface area (Å²) in [4.78, 5) is 14.1. The Labute approximate surface area is 144 Å². The summed E-state index contributed by atoms with van der Waals surface area (Å²) in [5.41, 5.74) is 1.13. The standard InChI is InChI=1S/C18H21F2N3O2/c1-10(2)5-12-7-16(22-21-12)18(25)23-9-13(24)8-17(23)14-6-11(19)3-4-15(14)20/h3-4,6-7,10,13,17,24H,5,8-9H2,1-2H3,(H,21,22). The lowest BCUT2D eigenvalue weighted by Crippen LogP contribution is -2.32. The molecule has 2 unspecified atom stereocenters. The second-order valence-corrected chi connectivity index (χ2v) is 6.91. The molecule has 25 heavy (non-hydrogen) atoms. The monoisotopic (exact) mass is 349 g/mol. The normalized spacial score (nSPS) is 20.5. The van der Waals surface area contributed by atoms with Gasteiger partial charge in [-0.2, -0.15) is 5.10 Å². The van der Waals surface area contributed by atoms with E-state index in [0.29, 0.717) is 5.92 Å². The van der Waals surface area contributed by atoms with Crippen LogP contribution in [0.15, 0.2) is 24.3 Å². The number of benzene rings is 1. The molecule has 1 amide bonds. The number of carbonyl (C=O) groups excluding carboxylic acids is 1. The van der Waals surface area contributed by atoms with Crippen molar-refractivity contribution in [3.05, 3.63) is 52.9 Å². The zero-order valence-corrected chi connectivity index (χ0v) is 14.2. The molecule has 0 bridgehead atoms. The lowest BCUT2D eigenvalue weighted by Gasteiger charge is -2.24. The van der Waals surface area contributed by atoms with Crippen molar-refractivity contribution in [1.82, 2.24) is 15.1 Å². The van der Waals surface area contributed by atoms with Crippen LogP contribution in [0, 0.1) is 17.6 Å². The van der Waals surface area contributed by atoms with E-state index in [1.54, 1.807) is 6.07 Å². The molecule has 1 aromatic carbocycles. The Balaban J connectivity index is 1.87. The Kier molecular flexibility index (Phi) is 4.85. The highest BCUT2D eigenvalue weighted by Gasteiger charge is 2.38. The number of aliphatic hydroxyl groups is 1. The first kappa shape index (κ1) is 17.5. The van der Waals surface area contributed by atoms with Gasteiger partial charge in [-0.1, -0.05) is 13.8 Å². The number of aromatic nitrogens is 2. The summed E-state index contributed by atoms with van der Waals surface area (Å²) >= 11 is 0. The fourth-order valence-electron chi connectivity index (χ4n) is 3.27. The van der Waals surface area contributed by atoms with Crippen LogP contribution in [0.5, 0.6) is 0 Å². The minimum atomic E-state index is -0.786. The number of β-amino-alcohol motifs (C(OH)–C–C–N with tert-alkyl or cyclic N) is 1. The first-order valence-corrected chi connectivity index (χ1v) is 8.33. The molecule has 1 aliphatic rings. The first-order valence-electron chi connectivity index (χ1n) is 8.33. The Morgan fingerprint density at radius 2 is 2.16 bits per heavy atom. The van der Waals surface area contributed by atoms with Crippen LogP contribution < -0.4 is 0 Å². The third-order valence-electron chi connectivity index (χ3n) is 4.34. The summed E-state index contributed by atoms with van der Waals surface area (Å²) in [6.07, 6.45) is 0.131. The van der Waals surface area contributed by atoms with E-state index in [1.807, 2.05) is 0 Å². The number of halogens is 2. The highest BCUT2D eigenvalue weighted by molar-refractivity contribution is 5.93. The molecule has 1 saturated heterocycles. The fourth-order valence-corrected chi connectivity index (χ4v) is 3.27. The van der Waals surface area contributed by atoms with Crippen LogP contribution in [0.2, 0.25) is 0 Å². The van der Waals surface area contributed by atoms with Crippen LogP contribution in [0.1, 0.15) is 48.1 Å². The summed E-state index contributed by atoms with van der Waals surface area (Å²) in [7, 11) is 0.